The summed E-state index contributed by atoms with van der Waals surface area (Å²) < 4.78 is 5.85. The average Bonchev–Trinajstić information content (AvgIpc) is 3.22. The molecule has 0 aromatic heterocycles. The maximum absolute atomic E-state index is 12.3. The summed E-state index contributed by atoms with van der Waals surface area (Å²) in [5.74, 6) is 1.06. The highest BCUT2D eigenvalue weighted by Gasteiger charge is 2.44. The molecule has 0 saturated carbocycles. The number of amides is 1. The maximum Gasteiger partial charge on any atom is 0.240 e. The Bertz CT molecular complexity index is 889. The molecule has 1 aliphatic carbocycles. The smallest absolute Gasteiger partial charge is 0.240 e. The Morgan fingerprint density at radius 3 is 2.64 bits per heavy atom. The lowest BCUT2D eigenvalue weighted by Gasteiger charge is -2.25. The summed E-state index contributed by atoms with van der Waals surface area (Å²) in [4.78, 5) is 14.4. The van der Waals surface area contributed by atoms with E-state index in [1.807, 2.05) is 18.2 Å². The molecular weight excluding hydrogens is 350 g/mol. The Kier molecular flexibility index (Phi) is 5.18. The van der Waals surface area contributed by atoms with Gasteiger partial charge in [-0.15, -0.1) is 0 Å². The van der Waals surface area contributed by atoms with Crippen LogP contribution in [0.3, 0.4) is 0 Å². The molecular formula is C23H27N3O2. The molecule has 28 heavy (non-hydrogen) atoms. The zero-order chi connectivity index (χ0) is 19.7. The Labute approximate surface area is 166 Å². The minimum atomic E-state index is -0.0531. The highest BCUT2D eigenvalue weighted by atomic mass is 16.5. The largest absolute Gasteiger partial charge is 0.494 e. The van der Waals surface area contributed by atoms with Crippen LogP contribution in [0.15, 0.2) is 53.6 Å². The van der Waals surface area contributed by atoms with Gasteiger partial charge in [-0.2, -0.15) is 5.10 Å². The number of carbonyl (C=O) groups excluding carboxylic acids is 1. The Balaban J connectivity index is 1.51. The first-order valence-corrected chi connectivity index (χ1v) is 9.88. The fraction of sp³-hybridized carbons (Fsp3) is 0.391. The molecule has 1 heterocycles. The topological polar surface area (TPSA) is 45.1 Å². The minimum Gasteiger partial charge on any atom is -0.494 e. The van der Waals surface area contributed by atoms with E-state index in [0.29, 0.717) is 6.61 Å². The van der Waals surface area contributed by atoms with Crippen LogP contribution in [-0.4, -0.2) is 48.8 Å². The summed E-state index contributed by atoms with van der Waals surface area (Å²) in [5.41, 5.74) is 4.65. The lowest BCUT2D eigenvalue weighted by atomic mass is 9.90. The summed E-state index contributed by atoms with van der Waals surface area (Å²) >= 11 is 0. The molecule has 0 saturated heterocycles. The normalized spacial score (nSPS) is 20.1. The van der Waals surface area contributed by atoms with Gasteiger partial charge in [0.2, 0.25) is 5.91 Å². The molecule has 4 rings (SSSR count). The van der Waals surface area contributed by atoms with Gasteiger partial charge in [-0.05, 0) is 50.2 Å². The van der Waals surface area contributed by atoms with E-state index < -0.39 is 0 Å². The van der Waals surface area contributed by atoms with Crippen molar-refractivity contribution in [3.63, 3.8) is 0 Å². The number of benzene rings is 2. The maximum atomic E-state index is 12.3. The summed E-state index contributed by atoms with van der Waals surface area (Å²) in [6.07, 6.45) is 1.92. The predicted octanol–water partition coefficient (Wildman–Crippen LogP) is 3.50. The fourth-order valence-corrected chi connectivity index (χ4v) is 4.19. The SMILES string of the molecule is CC(=O)N1N=C2c3ccccc3CC2C1c1ccc(OCCCN(C)C)cc1. The lowest BCUT2D eigenvalue weighted by Crippen LogP contribution is -2.28. The Morgan fingerprint density at radius 2 is 1.93 bits per heavy atom. The third-order valence-electron chi connectivity index (χ3n) is 5.51. The van der Waals surface area contributed by atoms with E-state index in [4.69, 9.17) is 9.84 Å². The minimum absolute atomic E-state index is 0.0200. The van der Waals surface area contributed by atoms with Crippen molar-refractivity contribution < 1.29 is 9.53 Å². The van der Waals surface area contributed by atoms with Gasteiger partial charge >= 0.3 is 0 Å². The van der Waals surface area contributed by atoms with Crippen molar-refractivity contribution in [2.75, 3.05) is 27.2 Å². The predicted molar refractivity (Wildman–Crippen MR) is 111 cm³/mol. The van der Waals surface area contributed by atoms with Gasteiger partial charge in [-0.25, -0.2) is 5.01 Å². The van der Waals surface area contributed by atoms with E-state index in [9.17, 15) is 4.79 Å². The van der Waals surface area contributed by atoms with Crippen LogP contribution in [0.5, 0.6) is 5.75 Å². The number of rotatable bonds is 6. The van der Waals surface area contributed by atoms with Gasteiger partial charge in [-0.1, -0.05) is 36.4 Å². The van der Waals surface area contributed by atoms with Gasteiger partial charge < -0.3 is 9.64 Å². The summed E-state index contributed by atoms with van der Waals surface area (Å²) in [5, 5.41) is 6.37. The molecule has 2 atom stereocenters. The van der Waals surface area contributed by atoms with Crippen molar-refractivity contribution in [3.8, 4) is 5.75 Å². The summed E-state index contributed by atoms with van der Waals surface area (Å²) in [7, 11) is 4.13. The van der Waals surface area contributed by atoms with Crippen molar-refractivity contribution in [1.29, 1.82) is 0 Å². The molecule has 2 unspecified atom stereocenters. The molecule has 1 aliphatic heterocycles. The molecule has 2 aromatic rings. The molecule has 2 aliphatic rings. The van der Waals surface area contributed by atoms with Crippen LogP contribution in [0.2, 0.25) is 0 Å². The number of hydrazone groups is 1. The van der Waals surface area contributed by atoms with Gasteiger partial charge in [0.05, 0.1) is 18.4 Å². The van der Waals surface area contributed by atoms with Gasteiger partial charge in [0.1, 0.15) is 5.75 Å². The fourth-order valence-electron chi connectivity index (χ4n) is 4.19. The van der Waals surface area contributed by atoms with Crippen molar-refractivity contribution in [3.05, 3.63) is 65.2 Å². The molecule has 0 radical (unpaired) electrons. The molecule has 2 aromatic carbocycles. The number of carbonyl (C=O) groups is 1. The number of hydrogen-bond acceptors (Lipinski definition) is 4. The zero-order valence-corrected chi connectivity index (χ0v) is 16.8. The molecule has 1 amide bonds. The van der Waals surface area contributed by atoms with Gasteiger partial charge in [-0.3, -0.25) is 4.79 Å². The third kappa shape index (κ3) is 3.54. The van der Waals surface area contributed by atoms with E-state index in [1.165, 1.54) is 11.1 Å². The van der Waals surface area contributed by atoms with Crippen LogP contribution in [-0.2, 0) is 11.2 Å². The number of nitrogens with zero attached hydrogens (tertiary/aromatic N) is 3. The Morgan fingerprint density at radius 1 is 1.18 bits per heavy atom. The van der Waals surface area contributed by atoms with E-state index in [-0.39, 0.29) is 17.9 Å². The molecule has 0 spiro atoms. The van der Waals surface area contributed by atoms with Gasteiger partial charge in [0, 0.05) is 24.9 Å². The molecule has 0 fully saturated rings. The number of hydrogen-bond donors (Lipinski definition) is 0. The van der Waals surface area contributed by atoms with Crippen LogP contribution in [0.4, 0.5) is 0 Å². The van der Waals surface area contributed by atoms with E-state index in [0.717, 1.165) is 36.4 Å². The van der Waals surface area contributed by atoms with Crippen LogP contribution in [0, 0.1) is 5.92 Å². The van der Waals surface area contributed by atoms with Crippen molar-refractivity contribution in [2.24, 2.45) is 11.0 Å². The van der Waals surface area contributed by atoms with Crippen molar-refractivity contribution >= 4 is 11.6 Å². The molecule has 5 nitrogen and oxygen atoms in total. The van der Waals surface area contributed by atoms with Crippen LogP contribution in [0.25, 0.3) is 0 Å². The molecule has 0 N–H and O–H groups in total. The van der Waals surface area contributed by atoms with Crippen molar-refractivity contribution in [1.82, 2.24) is 9.91 Å². The molecule has 0 bridgehead atoms. The first-order valence-electron chi connectivity index (χ1n) is 9.88. The summed E-state index contributed by atoms with van der Waals surface area (Å²) in [6, 6.07) is 16.5. The highest BCUT2D eigenvalue weighted by molar-refractivity contribution is 6.08. The third-order valence-corrected chi connectivity index (χ3v) is 5.51. The first kappa shape index (κ1) is 18.7. The summed E-state index contributed by atoms with van der Waals surface area (Å²) in [6.45, 7) is 3.30. The molecule has 5 heteroatoms. The van der Waals surface area contributed by atoms with Gasteiger partial charge in [0.15, 0.2) is 0 Å². The van der Waals surface area contributed by atoms with E-state index in [1.54, 1.807) is 11.9 Å². The first-order chi connectivity index (χ1) is 13.5. The standard InChI is InChI=1S/C23H27N3O2/c1-16(27)26-23(21-15-18-7-4-5-8-20(18)22(21)24-26)17-9-11-19(12-10-17)28-14-6-13-25(2)3/h4-5,7-12,21,23H,6,13-15H2,1-3H3. The lowest BCUT2D eigenvalue weighted by molar-refractivity contribution is -0.131. The molecule has 146 valence electrons. The van der Waals surface area contributed by atoms with E-state index in [2.05, 4.69) is 49.3 Å². The second-order valence-corrected chi connectivity index (χ2v) is 7.84. The van der Waals surface area contributed by atoms with Gasteiger partial charge in [0.25, 0.3) is 0 Å². The quantitative estimate of drug-likeness (QED) is 0.724. The van der Waals surface area contributed by atoms with Crippen molar-refractivity contribution in [2.45, 2.75) is 25.8 Å². The number of ether oxygens (including phenoxy) is 1. The monoisotopic (exact) mass is 377 g/mol. The van der Waals surface area contributed by atoms with Crippen LogP contribution in [0.1, 0.15) is 36.1 Å². The Hall–Kier alpha value is -2.66. The zero-order valence-electron chi connectivity index (χ0n) is 16.8. The average molecular weight is 377 g/mol. The second kappa shape index (κ2) is 7.76. The number of fused-ring (bicyclic) bond motifs is 3. The van der Waals surface area contributed by atoms with Crippen LogP contribution < -0.4 is 4.74 Å². The second-order valence-electron chi connectivity index (χ2n) is 7.84. The van der Waals surface area contributed by atoms with Crippen LogP contribution >= 0.6 is 0 Å². The van der Waals surface area contributed by atoms with E-state index >= 15 is 0 Å². The highest BCUT2D eigenvalue weighted by Crippen LogP contribution is 2.44.